The van der Waals surface area contributed by atoms with Gasteiger partial charge in [-0.2, -0.15) is 0 Å². The summed E-state index contributed by atoms with van der Waals surface area (Å²) in [6, 6.07) is 18.3. The number of carbonyl (C=O) groups excluding carboxylic acids is 1. The largest absolute Gasteiger partial charge is 0.351 e. The molecule has 0 aliphatic carbocycles. The van der Waals surface area contributed by atoms with Crippen molar-refractivity contribution in [2.45, 2.75) is 25.5 Å². The van der Waals surface area contributed by atoms with Crippen LogP contribution in [0.5, 0.6) is 0 Å². The quantitative estimate of drug-likeness (QED) is 0.273. The zero-order valence-electron chi connectivity index (χ0n) is 18.1. The van der Waals surface area contributed by atoms with Crippen molar-refractivity contribution in [3.05, 3.63) is 97.8 Å². The summed E-state index contributed by atoms with van der Waals surface area (Å²) < 4.78 is 1.59. The van der Waals surface area contributed by atoms with Gasteiger partial charge in [-0.25, -0.2) is 4.98 Å². The van der Waals surface area contributed by atoms with E-state index in [2.05, 4.69) is 5.32 Å². The fourth-order valence-corrected chi connectivity index (χ4v) is 4.83. The van der Waals surface area contributed by atoms with Crippen LogP contribution in [0.1, 0.15) is 16.7 Å². The molecule has 168 valence electrons. The van der Waals surface area contributed by atoms with E-state index < -0.39 is 0 Å². The third kappa shape index (κ3) is 5.24. The van der Waals surface area contributed by atoms with Crippen molar-refractivity contribution in [3.63, 3.8) is 0 Å². The zero-order chi connectivity index (χ0) is 23.5. The summed E-state index contributed by atoms with van der Waals surface area (Å²) in [7, 11) is 0. The number of aryl methyl sites for hydroxylation is 2. The van der Waals surface area contributed by atoms with Crippen molar-refractivity contribution in [3.8, 4) is 5.69 Å². The van der Waals surface area contributed by atoms with Gasteiger partial charge in [-0.15, -0.1) is 0 Å². The molecule has 1 heterocycles. The molecule has 0 aliphatic heterocycles. The van der Waals surface area contributed by atoms with Gasteiger partial charge in [0.1, 0.15) is 0 Å². The first-order valence-corrected chi connectivity index (χ1v) is 12.0. The van der Waals surface area contributed by atoms with Gasteiger partial charge >= 0.3 is 0 Å². The summed E-state index contributed by atoms with van der Waals surface area (Å²) in [5.41, 5.74) is 4.02. The molecule has 4 aromatic rings. The summed E-state index contributed by atoms with van der Waals surface area (Å²) in [4.78, 5) is 30.7. The van der Waals surface area contributed by atoms with Crippen LogP contribution in [0, 0.1) is 13.8 Å². The highest BCUT2D eigenvalue weighted by Gasteiger charge is 2.16. The molecule has 0 saturated heterocycles. The highest BCUT2D eigenvalue weighted by Crippen LogP contribution is 2.24. The first-order chi connectivity index (χ1) is 15.8. The number of fused-ring (bicyclic) bond motifs is 1. The molecule has 0 unspecified atom stereocenters. The second-order valence-electron chi connectivity index (χ2n) is 7.64. The fraction of sp³-hybridized carbons (Fsp3) is 0.160. The maximum Gasteiger partial charge on any atom is 0.266 e. The lowest BCUT2D eigenvalue weighted by Gasteiger charge is -2.15. The van der Waals surface area contributed by atoms with Gasteiger partial charge in [0.25, 0.3) is 5.56 Å². The van der Waals surface area contributed by atoms with Crippen molar-refractivity contribution in [2.75, 3.05) is 5.75 Å². The Kier molecular flexibility index (Phi) is 7.08. The van der Waals surface area contributed by atoms with Crippen molar-refractivity contribution >= 4 is 51.8 Å². The maximum absolute atomic E-state index is 13.4. The third-order valence-corrected chi connectivity index (χ3v) is 6.69. The molecule has 1 N–H and O–H groups in total. The number of rotatable bonds is 6. The molecule has 33 heavy (non-hydrogen) atoms. The van der Waals surface area contributed by atoms with E-state index in [0.29, 0.717) is 26.1 Å². The third-order valence-electron chi connectivity index (χ3n) is 5.16. The molecule has 0 atom stereocenters. The molecular weight excluding hydrogens is 477 g/mol. The number of thioether (sulfide) groups is 1. The molecule has 0 aliphatic rings. The highest BCUT2D eigenvalue weighted by molar-refractivity contribution is 7.99. The van der Waals surface area contributed by atoms with Crippen molar-refractivity contribution in [2.24, 2.45) is 0 Å². The number of nitrogens with zero attached hydrogens (tertiary/aromatic N) is 2. The van der Waals surface area contributed by atoms with E-state index in [9.17, 15) is 9.59 Å². The van der Waals surface area contributed by atoms with Gasteiger partial charge in [0.2, 0.25) is 5.91 Å². The smallest absolute Gasteiger partial charge is 0.266 e. The van der Waals surface area contributed by atoms with Crippen molar-refractivity contribution in [1.29, 1.82) is 0 Å². The number of amides is 1. The minimum Gasteiger partial charge on any atom is -0.351 e. The van der Waals surface area contributed by atoms with E-state index in [1.807, 2.05) is 44.2 Å². The SMILES string of the molecule is Cc1ccc(-n2c(SCC(=O)NCc3ccc(Cl)cc3Cl)nc3ccccc3c2=O)c(C)c1. The molecule has 0 radical (unpaired) electrons. The minimum absolute atomic E-state index is 0.0981. The Balaban J connectivity index is 1.61. The Labute approximate surface area is 205 Å². The lowest BCUT2D eigenvalue weighted by Crippen LogP contribution is -2.26. The van der Waals surface area contributed by atoms with E-state index in [4.69, 9.17) is 28.2 Å². The van der Waals surface area contributed by atoms with Gasteiger partial charge < -0.3 is 5.32 Å². The topological polar surface area (TPSA) is 64.0 Å². The van der Waals surface area contributed by atoms with Gasteiger partial charge in [-0.3, -0.25) is 14.2 Å². The Morgan fingerprint density at radius 3 is 2.61 bits per heavy atom. The molecule has 3 aromatic carbocycles. The molecular formula is C25H21Cl2N3O2S. The van der Waals surface area contributed by atoms with E-state index in [1.165, 1.54) is 11.8 Å². The minimum atomic E-state index is -0.194. The normalized spacial score (nSPS) is 11.0. The van der Waals surface area contributed by atoms with Crippen molar-refractivity contribution < 1.29 is 4.79 Å². The molecule has 4 rings (SSSR count). The van der Waals surface area contributed by atoms with Gasteiger partial charge in [-0.1, -0.05) is 70.9 Å². The highest BCUT2D eigenvalue weighted by atomic mass is 35.5. The number of hydrogen-bond acceptors (Lipinski definition) is 4. The van der Waals surface area contributed by atoms with Gasteiger partial charge in [-0.05, 0) is 55.3 Å². The van der Waals surface area contributed by atoms with Crippen LogP contribution in [0.15, 0.2) is 70.6 Å². The van der Waals surface area contributed by atoms with Crippen LogP contribution in [0.2, 0.25) is 10.0 Å². The zero-order valence-corrected chi connectivity index (χ0v) is 20.4. The van der Waals surface area contributed by atoms with Gasteiger partial charge in [0.15, 0.2) is 5.16 Å². The Bertz CT molecular complexity index is 1420. The summed E-state index contributed by atoms with van der Waals surface area (Å²) in [5.74, 6) is -0.0958. The van der Waals surface area contributed by atoms with Crippen LogP contribution >= 0.6 is 35.0 Å². The number of benzene rings is 3. The van der Waals surface area contributed by atoms with Gasteiger partial charge in [0.05, 0.1) is 22.3 Å². The molecule has 8 heteroatoms. The lowest BCUT2D eigenvalue weighted by atomic mass is 10.1. The van der Waals surface area contributed by atoms with Crippen molar-refractivity contribution in [1.82, 2.24) is 14.9 Å². The standard InChI is InChI=1S/C25H21Cl2N3O2S/c1-15-7-10-22(16(2)11-15)30-24(32)19-5-3-4-6-21(19)29-25(30)33-14-23(31)28-13-17-8-9-18(26)12-20(17)27/h3-12H,13-14H2,1-2H3,(H,28,31). The van der Waals surface area contributed by atoms with E-state index >= 15 is 0 Å². The molecule has 0 fully saturated rings. The predicted octanol–water partition coefficient (Wildman–Crippen LogP) is 5.72. The molecule has 0 spiro atoms. The molecule has 5 nitrogen and oxygen atoms in total. The molecule has 0 bridgehead atoms. The van der Waals surface area contributed by atoms with E-state index in [1.54, 1.807) is 34.9 Å². The number of halogens is 2. The second-order valence-corrected chi connectivity index (χ2v) is 9.43. The van der Waals surface area contributed by atoms with Crippen LogP contribution in [0.25, 0.3) is 16.6 Å². The summed E-state index contributed by atoms with van der Waals surface area (Å²) in [6.07, 6.45) is 0. The first kappa shape index (κ1) is 23.4. The monoisotopic (exact) mass is 497 g/mol. The first-order valence-electron chi connectivity index (χ1n) is 10.3. The predicted molar refractivity (Wildman–Crippen MR) is 136 cm³/mol. The average molecular weight is 498 g/mol. The van der Waals surface area contributed by atoms with Crippen LogP contribution in [-0.4, -0.2) is 21.2 Å². The van der Waals surface area contributed by atoms with E-state index in [-0.39, 0.29) is 23.8 Å². The average Bonchev–Trinajstić information content (AvgIpc) is 2.78. The number of aromatic nitrogens is 2. The maximum atomic E-state index is 13.4. The van der Waals surface area contributed by atoms with Crippen LogP contribution < -0.4 is 10.9 Å². The van der Waals surface area contributed by atoms with Gasteiger partial charge in [0, 0.05) is 16.6 Å². The van der Waals surface area contributed by atoms with Crippen LogP contribution in [0.4, 0.5) is 0 Å². The second kappa shape index (κ2) is 10.00. The van der Waals surface area contributed by atoms with Crippen LogP contribution in [-0.2, 0) is 11.3 Å². The Morgan fingerprint density at radius 2 is 1.85 bits per heavy atom. The molecule has 1 aromatic heterocycles. The lowest BCUT2D eigenvalue weighted by molar-refractivity contribution is -0.118. The number of hydrogen-bond donors (Lipinski definition) is 1. The summed E-state index contributed by atoms with van der Waals surface area (Å²) >= 11 is 13.3. The molecule has 1 amide bonds. The Morgan fingerprint density at radius 1 is 1.06 bits per heavy atom. The van der Waals surface area contributed by atoms with E-state index in [0.717, 1.165) is 22.4 Å². The van der Waals surface area contributed by atoms with Crippen LogP contribution in [0.3, 0.4) is 0 Å². The summed E-state index contributed by atoms with van der Waals surface area (Å²) in [5, 5.41) is 4.89. The summed E-state index contributed by atoms with van der Waals surface area (Å²) in [6.45, 7) is 4.25. The number of para-hydroxylation sites is 1. The number of carbonyl (C=O) groups is 1. The molecule has 0 saturated carbocycles. The number of nitrogens with one attached hydrogen (secondary N) is 1. The Hall–Kier alpha value is -2.80. The fourth-order valence-electron chi connectivity index (χ4n) is 3.52.